The van der Waals surface area contributed by atoms with E-state index >= 15 is 0 Å². The minimum absolute atomic E-state index is 0.0110. The molecule has 2 aliphatic rings. The summed E-state index contributed by atoms with van der Waals surface area (Å²) >= 11 is 13.0. The highest BCUT2D eigenvalue weighted by molar-refractivity contribution is 8.17. The van der Waals surface area contributed by atoms with Gasteiger partial charge in [-0.2, -0.15) is 0 Å². The molecular formula is C28H18Cl2N4O4S. The zero-order chi connectivity index (χ0) is 27.4. The summed E-state index contributed by atoms with van der Waals surface area (Å²) in [4.78, 5) is 37.7. The number of hydrogen-bond donors (Lipinski definition) is 3. The summed E-state index contributed by atoms with van der Waals surface area (Å²) in [6.07, 6.45) is 2.84. The molecule has 11 heteroatoms. The predicted octanol–water partition coefficient (Wildman–Crippen LogP) is 6.11. The van der Waals surface area contributed by atoms with Gasteiger partial charge in [-0.3, -0.25) is 25.1 Å². The minimum atomic E-state index is -0.434. The molecule has 3 N–H and O–H groups in total. The van der Waals surface area contributed by atoms with Gasteiger partial charge in [-0.1, -0.05) is 41.4 Å². The first-order valence-corrected chi connectivity index (χ1v) is 13.0. The number of thioether (sulfide) groups is 1. The molecule has 1 aliphatic heterocycles. The molecular weight excluding hydrogens is 559 g/mol. The van der Waals surface area contributed by atoms with E-state index in [0.717, 1.165) is 17.5 Å². The van der Waals surface area contributed by atoms with Crippen LogP contribution in [0.5, 0.6) is 11.5 Å². The van der Waals surface area contributed by atoms with Gasteiger partial charge in [0.15, 0.2) is 5.17 Å². The van der Waals surface area contributed by atoms with E-state index in [2.05, 4.69) is 21.2 Å². The highest BCUT2D eigenvalue weighted by Crippen LogP contribution is 2.31. The van der Waals surface area contributed by atoms with Gasteiger partial charge in [0.25, 0.3) is 11.8 Å². The van der Waals surface area contributed by atoms with Gasteiger partial charge in [-0.05, 0) is 84.6 Å². The number of amides is 2. The number of ether oxygens (including phenoxy) is 1. The lowest BCUT2D eigenvalue weighted by Crippen LogP contribution is -2.27. The van der Waals surface area contributed by atoms with Crippen molar-refractivity contribution < 1.29 is 19.1 Å². The van der Waals surface area contributed by atoms with Crippen LogP contribution in [0.2, 0.25) is 0 Å². The number of carbonyl (C=O) groups is 3. The number of halogens is 2. The van der Waals surface area contributed by atoms with Gasteiger partial charge in [0, 0.05) is 21.8 Å². The SMILES string of the molecule is O=C1C(Cl)=CC(Cl)=C/C1=C1\NN=C(NC(=O)c2ccc(C(=O)Nc3ccc(Oc4ccccc4)cc3)cc2)S1. The van der Waals surface area contributed by atoms with E-state index in [4.69, 9.17) is 27.9 Å². The molecule has 0 saturated carbocycles. The first-order valence-electron chi connectivity index (χ1n) is 11.5. The Bertz CT molecular complexity index is 1580. The Kier molecular flexibility index (Phi) is 7.83. The second-order valence-electron chi connectivity index (χ2n) is 8.15. The molecule has 0 bridgehead atoms. The summed E-state index contributed by atoms with van der Waals surface area (Å²) in [5, 5.41) is 10.5. The van der Waals surface area contributed by atoms with Gasteiger partial charge in [0.1, 0.15) is 16.5 Å². The molecule has 0 fully saturated rings. The second-order valence-corrected chi connectivity index (χ2v) is 9.99. The van der Waals surface area contributed by atoms with Gasteiger partial charge < -0.3 is 10.1 Å². The summed E-state index contributed by atoms with van der Waals surface area (Å²) in [7, 11) is 0. The minimum Gasteiger partial charge on any atom is -0.457 e. The number of nitrogens with zero attached hydrogens (tertiary/aromatic N) is 1. The number of para-hydroxylation sites is 1. The lowest BCUT2D eigenvalue weighted by molar-refractivity contribution is -0.111. The first kappa shape index (κ1) is 26.3. The number of rotatable bonds is 5. The Morgan fingerprint density at radius 1 is 0.795 bits per heavy atom. The number of anilines is 1. The Morgan fingerprint density at radius 2 is 1.41 bits per heavy atom. The molecule has 3 aromatic rings. The number of hydrogen-bond acceptors (Lipinski definition) is 7. The molecule has 1 aliphatic carbocycles. The Balaban J connectivity index is 1.16. The molecule has 0 aromatic heterocycles. The maximum absolute atomic E-state index is 12.7. The average Bonchev–Trinajstić information content (AvgIpc) is 3.40. The molecule has 194 valence electrons. The Morgan fingerprint density at radius 3 is 2.08 bits per heavy atom. The Hall–Kier alpha value is -4.31. The molecule has 0 atom stereocenters. The van der Waals surface area contributed by atoms with Crippen LogP contribution in [0.4, 0.5) is 5.69 Å². The smallest absolute Gasteiger partial charge is 0.257 e. The van der Waals surface area contributed by atoms with Gasteiger partial charge >= 0.3 is 0 Å². The number of nitrogens with one attached hydrogen (secondary N) is 3. The van der Waals surface area contributed by atoms with Crippen molar-refractivity contribution in [3.05, 3.63) is 123 Å². The van der Waals surface area contributed by atoms with Gasteiger partial charge in [0.05, 0.1) is 10.6 Å². The average molecular weight is 577 g/mol. The summed E-state index contributed by atoms with van der Waals surface area (Å²) in [5.74, 6) is 0.200. The van der Waals surface area contributed by atoms with Crippen LogP contribution >= 0.6 is 35.0 Å². The van der Waals surface area contributed by atoms with Crippen LogP contribution < -0.4 is 20.8 Å². The van der Waals surface area contributed by atoms with Crippen LogP contribution in [-0.2, 0) is 4.79 Å². The normalized spacial score (nSPS) is 16.5. The van der Waals surface area contributed by atoms with Crippen molar-refractivity contribution in [3.63, 3.8) is 0 Å². The van der Waals surface area contributed by atoms with Crippen LogP contribution in [-0.4, -0.2) is 22.8 Å². The zero-order valence-corrected chi connectivity index (χ0v) is 22.2. The summed E-state index contributed by atoms with van der Waals surface area (Å²) in [5.41, 5.74) is 4.26. The summed E-state index contributed by atoms with van der Waals surface area (Å²) in [6, 6.07) is 22.6. The van der Waals surface area contributed by atoms with Crippen molar-refractivity contribution in [1.29, 1.82) is 0 Å². The van der Waals surface area contributed by atoms with Gasteiger partial charge in [-0.25, -0.2) is 0 Å². The van der Waals surface area contributed by atoms with E-state index in [1.54, 1.807) is 36.4 Å². The highest BCUT2D eigenvalue weighted by Gasteiger charge is 2.26. The quantitative estimate of drug-likeness (QED) is 0.316. The van der Waals surface area contributed by atoms with Crippen molar-refractivity contribution in [3.8, 4) is 11.5 Å². The van der Waals surface area contributed by atoms with Crippen molar-refractivity contribution in [2.75, 3.05) is 5.32 Å². The van der Waals surface area contributed by atoms with Crippen LogP contribution in [0.15, 0.2) is 117 Å². The molecule has 0 unspecified atom stereocenters. The number of carbonyl (C=O) groups excluding carboxylic acids is 3. The van der Waals surface area contributed by atoms with Crippen molar-refractivity contribution in [2.24, 2.45) is 5.10 Å². The number of benzene rings is 3. The van der Waals surface area contributed by atoms with Gasteiger partial charge in [0.2, 0.25) is 5.78 Å². The van der Waals surface area contributed by atoms with Crippen LogP contribution in [0.1, 0.15) is 20.7 Å². The maximum atomic E-state index is 12.7. The molecule has 1 heterocycles. The maximum Gasteiger partial charge on any atom is 0.257 e. The molecule has 5 rings (SSSR count). The topological polar surface area (TPSA) is 109 Å². The van der Waals surface area contributed by atoms with E-state index in [9.17, 15) is 14.4 Å². The largest absolute Gasteiger partial charge is 0.457 e. The number of ketones is 1. The number of amidine groups is 1. The van der Waals surface area contributed by atoms with Crippen LogP contribution in [0.25, 0.3) is 0 Å². The lowest BCUT2D eigenvalue weighted by atomic mass is 10.1. The Labute approximate surface area is 237 Å². The fourth-order valence-electron chi connectivity index (χ4n) is 3.52. The van der Waals surface area contributed by atoms with Crippen molar-refractivity contribution in [2.45, 2.75) is 0 Å². The van der Waals surface area contributed by atoms with Gasteiger partial charge in [-0.15, -0.1) is 5.10 Å². The van der Waals surface area contributed by atoms with E-state index in [1.165, 1.54) is 24.3 Å². The first-order chi connectivity index (χ1) is 18.9. The van der Waals surface area contributed by atoms with E-state index in [-0.39, 0.29) is 21.7 Å². The van der Waals surface area contributed by atoms with Crippen LogP contribution in [0, 0.1) is 0 Å². The third-order valence-electron chi connectivity index (χ3n) is 5.43. The summed E-state index contributed by atoms with van der Waals surface area (Å²) in [6.45, 7) is 0. The molecule has 3 aromatic carbocycles. The molecule has 39 heavy (non-hydrogen) atoms. The number of Topliss-reactive ketones (excluding diaryl/α,β-unsaturated/α-hetero) is 1. The molecule has 0 spiro atoms. The molecule has 2 amide bonds. The van der Waals surface area contributed by atoms with Crippen molar-refractivity contribution >= 4 is 63.4 Å². The third-order valence-corrected chi connectivity index (χ3v) is 6.83. The molecule has 0 saturated heterocycles. The van der Waals surface area contributed by atoms with E-state index < -0.39 is 11.7 Å². The number of allylic oxidation sites excluding steroid dienone is 5. The lowest BCUT2D eigenvalue weighted by Gasteiger charge is -2.10. The fourth-order valence-corrected chi connectivity index (χ4v) is 4.79. The van der Waals surface area contributed by atoms with Crippen molar-refractivity contribution in [1.82, 2.24) is 10.7 Å². The number of hydrazone groups is 1. The second kappa shape index (κ2) is 11.6. The monoisotopic (exact) mass is 576 g/mol. The molecule has 0 radical (unpaired) electrons. The van der Waals surface area contributed by atoms with Crippen LogP contribution in [0.3, 0.4) is 0 Å². The standard InChI is InChI=1S/C28H18Cl2N4O4S/c29-18-14-22(24(35)23(30)15-18)27-33-34-28(39-27)32-26(37)17-8-6-16(7-9-17)25(36)31-19-10-12-21(13-11-19)38-20-4-2-1-3-5-20/h1-15,33H,(H,31,36)(H,32,34,37)/b27-22-. The highest BCUT2D eigenvalue weighted by atomic mass is 35.5. The predicted molar refractivity (Wildman–Crippen MR) is 153 cm³/mol. The fraction of sp³-hybridized carbons (Fsp3) is 0. The zero-order valence-electron chi connectivity index (χ0n) is 19.9. The molecule has 8 nitrogen and oxygen atoms in total. The third kappa shape index (κ3) is 6.40. The summed E-state index contributed by atoms with van der Waals surface area (Å²) < 4.78 is 5.76. The van der Waals surface area contributed by atoms with E-state index in [1.807, 2.05) is 30.3 Å². The van der Waals surface area contributed by atoms with E-state index in [0.29, 0.717) is 32.6 Å².